The Bertz CT molecular complexity index is 753. The van der Waals surface area contributed by atoms with Crippen LogP contribution in [0.1, 0.15) is 25.3 Å². The lowest BCUT2D eigenvalue weighted by Gasteiger charge is -2.33. The molecular weight excluding hydrogens is 360 g/mol. The smallest absolute Gasteiger partial charge is 0.232 e. The Labute approximate surface area is 166 Å². The van der Waals surface area contributed by atoms with E-state index >= 15 is 0 Å². The lowest BCUT2D eigenvalue weighted by atomic mass is 9.87. The summed E-state index contributed by atoms with van der Waals surface area (Å²) in [6.45, 7) is 8.12. The maximum atomic E-state index is 12.9. The first-order valence-electron chi connectivity index (χ1n) is 9.40. The minimum absolute atomic E-state index is 0.0264. The van der Waals surface area contributed by atoms with Crippen LogP contribution < -0.4 is 10.2 Å². The van der Waals surface area contributed by atoms with E-state index in [4.69, 9.17) is 11.6 Å². The first kappa shape index (κ1) is 19.6. The number of carbonyl (C=O) groups is 1. The van der Waals surface area contributed by atoms with Crippen molar-refractivity contribution in [1.82, 2.24) is 9.88 Å². The molecule has 0 unspecified atom stereocenters. The number of hydrogen-bond acceptors (Lipinski definition) is 4. The summed E-state index contributed by atoms with van der Waals surface area (Å²) in [6.07, 6.45) is 1.74. The number of piperazine rings is 1. The predicted molar refractivity (Wildman–Crippen MR) is 112 cm³/mol. The van der Waals surface area contributed by atoms with Crippen molar-refractivity contribution < 1.29 is 4.79 Å². The van der Waals surface area contributed by atoms with Crippen LogP contribution in [0.4, 0.5) is 11.5 Å². The van der Waals surface area contributed by atoms with Gasteiger partial charge in [0, 0.05) is 31.2 Å². The molecular formula is C21H27ClN4O. The molecule has 5 nitrogen and oxygen atoms in total. The zero-order valence-electron chi connectivity index (χ0n) is 16.2. The molecule has 0 spiro atoms. The van der Waals surface area contributed by atoms with Gasteiger partial charge in [0.05, 0.1) is 17.8 Å². The zero-order chi connectivity index (χ0) is 19.4. The van der Waals surface area contributed by atoms with Gasteiger partial charge in [0.25, 0.3) is 0 Å². The summed E-state index contributed by atoms with van der Waals surface area (Å²) in [5, 5.41) is 3.68. The fourth-order valence-electron chi connectivity index (χ4n) is 3.41. The summed E-state index contributed by atoms with van der Waals surface area (Å²) in [6, 6.07) is 11.4. The van der Waals surface area contributed by atoms with E-state index in [0.29, 0.717) is 5.02 Å². The van der Waals surface area contributed by atoms with Crippen LogP contribution in [0, 0.1) is 5.92 Å². The number of carbonyl (C=O) groups excluding carboxylic acids is 1. The summed E-state index contributed by atoms with van der Waals surface area (Å²) in [5.41, 5.74) is 1.69. The van der Waals surface area contributed by atoms with Gasteiger partial charge in [0.15, 0.2) is 0 Å². The van der Waals surface area contributed by atoms with E-state index in [2.05, 4.69) is 27.1 Å². The monoisotopic (exact) mass is 386 g/mol. The maximum Gasteiger partial charge on any atom is 0.232 e. The highest BCUT2D eigenvalue weighted by atomic mass is 35.5. The largest absolute Gasteiger partial charge is 0.354 e. The third-order valence-corrected chi connectivity index (χ3v) is 5.27. The minimum Gasteiger partial charge on any atom is -0.354 e. The summed E-state index contributed by atoms with van der Waals surface area (Å²) in [4.78, 5) is 22.0. The molecule has 3 rings (SSSR count). The third-order valence-electron chi connectivity index (χ3n) is 5.02. The molecule has 1 aromatic carbocycles. The molecule has 0 radical (unpaired) electrons. The number of anilines is 2. The molecule has 0 bridgehead atoms. The standard InChI is InChI=1S/C21H27ClN4O/c1-15(2)20(16-4-6-17(22)7-5-16)21(27)24-18-8-9-19(23-14-18)26-12-10-25(3)11-13-26/h4-9,14-15,20H,10-13H2,1-3H3,(H,24,27)/t20-/m1/s1. The van der Waals surface area contributed by atoms with Gasteiger partial charge in [-0.2, -0.15) is 0 Å². The molecule has 1 aromatic heterocycles. The number of aromatic nitrogens is 1. The van der Waals surface area contributed by atoms with Crippen LogP contribution in [0.2, 0.25) is 5.02 Å². The van der Waals surface area contributed by atoms with Gasteiger partial charge >= 0.3 is 0 Å². The predicted octanol–water partition coefficient (Wildman–Crippen LogP) is 3.87. The van der Waals surface area contributed by atoms with Crippen molar-refractivity contribution in [3.63, 3.8) is 0 Å². The molecule has 1 amide bonds. The quantitative estimate of drug-likeness (QED) is 0.847. The van der Waals surface area contributed by atoms with Crippen LogP contribution in [0.5, 0.6) is 0 Å². The fourth-order valence-corrected chi connectivity index (χ4v) is 3.54. The molecule has 144 valence electrons. The van der Waals surface area contributed by atoms with E-state index in [9.17, 15) is 4.79 Å². The number of nitrogens with zero attached hydrogens (tertiary/aromatic N) is 3. The van der Waals surface area contributed by atoms with Crippen LogP contribution in [-0.4, -0.2) is 49.0 Å². The van der Waals surface area contributed by atoms with Crippen LogP contribution in [0.3, 0.4) is 0 Å². The molecule has 1 saturated heterocycles. The molecule has 2 aromatic rings. The second-order valence-electron chi connectivity index (χ2n) is 7.46. The summed E-state index contributed by atoms with van der Waals surface area (Å²) >= 11 is 5.98. The lowest BCUT2D eigenvalue weighted by Crippen LogP contribution is -2.44. The second-order valence-corrected chi connectivity index (χ2v) is 7.89. The molecule has 6 heteroatoms. The highest BCUT2D eigenvalue weighted by Crippen LogP contribution is 2.27. The Morgan fingerprint density at radius 2 is 1.74 bits per heavy atom. The maximum absolute atomic E-state index is 12.9. The van der Waals surface area contributed by atoms with Crippen LogP contribution >= 0.6 is 11.6 Å². The van der Waals surface area contributed by atoms with Crippen molar-refractivity contribution in [3.05, 3.63) is 53.2 Å². The molecule has 1 fully saturated rings. The van der Waals surface area contributed by atoms with Crippen LogP contribution in [-0.2, 0) is 4.79 Å². The summed E-state index contributed by atoms with van der Waals surface area (Å²) in [5.74, 6) is 0.865. The fraction of sp³-hybridized carbons (Fsp3) is 0.429. The molecule has 1 N–H and O–H groups in total. The number of amides is 1. The molecule has 0 saturated carbocycles. The Morgan fingerprint density at radius 3 is 2.30 bits per heavy atom. The average molecular weight is 387 g/mol. The number of pyridine rings is 1. The number of nitrogens with one attached hydrogen (secondary N) is 1. The van der Waals surface area contributed by atoms with Gasteiger partial charge in [-0.15, -0.1) is 0 Å². The van der Waals surface area contributed by atoms with E-state index in [1.807, 2.05) is 50.2 Å². The molecule has 1 aliphatic rings. The third kappa shape index (κ3) is 4.99. The number of hydrogen-bond donors (Lipinski definition) is 1. The van der Waals surface area contributed by atoms with E-state index in [0.717, 1.165) is 43.2 Å². The van der Waals surface area contributed by atoms with Crippen molar-refractivity contribution in [3.8, 4) is 0 Å². The Kier molecular flexibility index (Phi) is 6.34. The van der Waals surface area contributed by atoms with Crippen molar-refractivity contribution in [2.45, 2.75) is 19.8 Å². The number of likely N-dealkylation sites (N-methyl/N-ethyl adjacent to an activating group) is 1. The minimum atomic E-state index is -0.237. The Balaban J connectivity index is 1.68. The van der Waals surface area contributed by atoms with Crippen molar-refractivity contribution in [1.29, 1.82) is 0 Å². The number of halogens is 1. The first-order chi connectivity index (χ1) is 12.9. The van der Waals surface area contributed by atoms with Crippen LogP contribution in [0.25, 0.3) is 0 Å². The lowest BCUT2D eigenvalue weighted by molar-refractivity contribution is -0.118. The normalized spacial score (nSPS) is 16.4. The molecule has 0 aliphatic carbocycles. The highest BCUT2D eigenvalue weighted by Gasteiger charge is 2.24. The van der Waals surface area contributed by atoms with Gasteiger partial charge < -0.3 is 15.1 Å². The highest BCUT2D eigenvalue weighted by molar-refractivity contribution is 6.30. The Morgan fingerprint density at radius 1 is 1.07 bits per heavy atom. The van der Waals surface area contributed by atoms with Crippen molar-refractivity contribution >= 4 is 29.0 Å². The molecule has 2 heterocycles. The molecule has 27 heavy (non-hydrogen) atoms. The van der Waals surface area contributed by atoms with Gasteiger partial charge in [-0.3, -0.25) is 4.79 Å². The second kappa shape index (κ2) is 8.72. The van der Waals surface area contributed by atoms with Crippen molar-refractivity contribution in [2.24, 2.45) is 5.92 Å². The Hall–Kier alpha value is -2.11. The van der Waals surface area contributed by atoms with E-state index in [1.54, 1.807) is 6.20 Å². The van der Waals surface area contributed by atoms with E-state index in [-0.39, 0.29) is 17.7 Å². The number of rotatable bonds is 5. The van der Waals surface area contributed by atoms with Gasteiger partial charge in [0.1, 0.15) is 5.82 Å². The SMILES string of the molecule is CC(C)[C@@H](C(=O)Nc1ccc(N2CCN(C)CC2)nc1)c1ccc(Cl)cc1. The topological polar surface area (TPSA) is 48.5 Å². The summed E-state index contributed by atoms with van der Waals surface area (Å²) in [7, 11) is 2.13. The molecule has 1 aliphatic heterocycles. The average Bonchev–Trinajstić information content (AvgIpc) is 2.65. The van der Waals surface area contributed by atoms with Crippen LogP contribution in [0.15, 0.2) is 42.6 Å². The summed E-state index contributed by atoms with van der Waals surface area (Å²) < 4.78 is 0. The first-order valence-corrected chi connectivity index (χ1v) is 9.77. The van der Waals surface area contributed by atoms with Crippen molar-refractivity contribution in [2.75, 3.05) is 43.4 Å². The van der Waals surface area contributed by atoms with Gasteiger partial charge in [-0.05, 0) is 42.8 Å². The van der Waals surface area contributed by atoms with Gasteiger partial charge in [0.2, 0.25) is 5.91 Å². The van der Waals surface area contributed by atoms with Gasteiger partial charge in [-0.1, -0.05) is 37.6 Å². The van der Waals surface area contributed by atoms with E-state index < -0.39 is 0 Å². The molecule has 1 atom stereocenters. The van der Waals surface area contributed by atoms with Gasteiger partial charge in [-0.25, -0.2) is 4.98 Å². The zero-order valence-corrected chi connectivity index (χ0v) is 16.9. The number of benzene rings is 1. The van der Waals surface area contributed by atoms with E-state index in [1.165, 1.54) is 0 Å².